The lowest BCUT2D eigenvalue weighted by Gasteiger charge is -2.22. The minimum Gasteiger partial charge on any atom is -0.0995 e. The predicted octanol–water partition coefficient (Wildman–Crippen LogP) is 5.61. The van der Waals surface area contributed by atoms with Crippen LogP contribution in [0.4, 0.5) is 0 Å². The first-order chi connectivity index (χ1) is 7.95. The van der Waals surface area contributed by atoms with Gasteiger partial charge in [-0.1, -0.05) is 50.6 Å². The molecule has 0 aliphatic heterocycles. The molecule has 1 aromatic carbocycles. The van der Waals surface area contributed by atoms with E-state index in [9.17, 15) is 0 Å². The fourth-order valence-electron chi connectivity index (χ4n) is 2.29. The summed E-state index contributed by atoms with van der Waals surface area (Å²) in [6.45, 7) is 13.0. The molecule has 0 bridgehead atoms. The van der Waals surface area contributed by atoms with E-state index in [1.54, 1.807) is 0 Å². The third kappa shape index (κ3) is 3.89. The zero-order valence-corrected chi connectivity index (χ0v) is 12.1. The van der Waals surface area contributed by atoms with Gasteiger partial charge in [-0.15, -0.1) is 0 Å². The smallest absolute Gasteiger partial charge is 0.0408 e. The second kappa shape index (κ2) is 6.26. The summed E-state index contributed by atoms with van der Waals surface area (Å²) in [6.07, 6.45) is 2.18. The molecule has 1 unspecified atom stereocenters. The van der Waals surface area contributed by atoms with Crippen LogP contribution in [-0.2, 0) is 6.42 Å². The highest BCUT2D eigenvalue weighted by Crippen LogP contribution is 2.33. The maximum Gasteiger partial charge on any atom is 0.0408 e. The van der Waals surface area contributed by atoms with Crippen molar-refractivity contribution in [1.29, 1.82) is 0 Å². The summed E-state index contributed by atoms with van der Waals surface area (Å²) >= 11 is 6.06. The summed E-state index contributed by atoms with van der Waals surface area (Å²) in [7, 11) is 0. The highest BCUT2D eigenvalue weighted by molar-refractivity contribution is 6.30. The summed E-state index contributed by atoms with van der Waals surface area (Å²) in [4.78, 5) is 0. The Hall–Kier alpha value is -0.750. The molecule has 0 nitrogen and oxygen atoms in total. The van der Waals surface area contributed by atoms with Gasteiger partial charge in [-0.25, -0.2) is 0 Å². The van der Waals surface area contributed by atoms with Gasteiger partial charge in [0.05, 0.1) is 0 Å². The van der Waals surface area contributed by atoms with Crippen molar-refractivity contribution in [3.05, 3.63) is 46.5 Å². The van der Waals surface area contributed by atoms with Gasteiger partial charge in [0.25, 0.3) is 0 Å². The van der Waals surface area contributed by atoms with Crippen molar-refractivity contribution in [2.24, 2.45) is 5.92 Å². The number of hydrogen-bond acceptors (Lipinski definition) is 0. The second-order valence-electron chi connectivity index (χ2n) is 5.23. The molecule has 94 valence electrons. The van der Waals surface area contributed by atoms with Crippen molar-refractivity contribution in [2.45, 2.75) is 46.5 Å². The van der Waals surface area contributed by atoms with Crippen molar-refractivity contribution in [2.75, 3.05) is 0 Å². The summed E-state index contributed by atoms with van der Waals surface area (Å²) in [6, 6.07) is 6.25. The molecule has 0 saturated carbocycles. The number of benzene rings is 1. The van der Waals surface area contributed by atoms with Gasteiger partial charge in [0.2, 0.25) is 0 Å². The van der Waals surface area contributed by atoms with Gasteiger partial charge in [-0.2, -0.15) is 0 Å². The van der Waals surface area contributed by atoms with Crippen LogP contribution in [0.1, 0.15) is 51.2 Å². The van der Waals surface area contributed by atoms with Crippen LogP contribution in [0.15, 0.2) is 30.4 Å². The molecular formula is C16H23Cl. The fourth-order valence-corrected chi connectivity index (χ4v) is 2.48. The SMILES string of the molecule is C=C(C)C(CC(C)C)c1ccc(Cl)cc1CC. The van der Waals surface area contributed by atoms with Gasteiger partial charge in [-0.3, -0.25) is 0 Å². The monoisotopic (exact) mass is 250 g/mol. The van der Waals surface area contributed by atoms with Crippen LogP contribution >= 0.6 is 11.6 Å². The zero-order valence-electron chi connectivity index (χ0n) is 11.4. The van der Waals surface area contributed by atoms with Gasteiger partial charge in [0, 0.05) is 10.9 Å². The molecule has 0 amide bonds. The van der Waals surface area contributed by atoms with E-state index >= 15 is 0 Å². The van der Waals surface area contributed by atoms with E-state index in [0.717, 1.165) is 17.9 Å². The summed E-state index contributed by atoms with van der Waals surface area (Å²) in [5.41, 5.74) is 4.00. The number of aryl methyl sites for hydroxylation is 1. The van der Waals surface area contributed by atoms with Crippen LogP contribution in [0.25, 0.3) is 0 Å². The second-order valence-corrected chi connectivity index (χ2v) is 5.66. The van der Waals surface area contributed by atoms with E-state index in [0.29, 0.717) is 11.8 Å². The molecule has 0 spiro atoms. The van der Waals surface area contributed by atoms with E-state index in [1.807, 2.05) is 6.07 Å². The molecule has 0 heterocycles. The third-order valence-corrected chi connectivity index (χ3v) is 3.40. The highest BCUT2D eigenvalue weighted by atomic mass is 35.5. The average molecular weight is 251 g/mol. The lowest BCUT2D eigenvalue weighted by molar-refractivity contribution is 0.535. The normalized spacial score (nSPS) is 12.8. The predicted molar refractivity (Wildman–Crippen MR) is 77.8 cm³/mol. The number of hydrogen-bond donors (Lipinski definition) is 0. The Morgan fingerprint density at radius 2 is 2.00 bits per heavy atom. The standard InChI is InChI=1S/C16H23Cl/c1-6-13-10-14(17)7-8-15(13)16(12(4)5)9-11(2)3/h7-8,10-11,16H,4,6,9H2,1-3,5H3. The third-order valence-electron chi connectivity index (χ3n) is 3.16. The summed E-state index contributed by atoms with van der Waals surface area (Å²) < 4.78 is 0. The molecule has 1 aromatic rings. The van der Waals surface area contributed by atoms with Crippen LogP contribution in [0.5, 0.6) is 0 Å². The summed E-state index contributed by atoms with van der Waals surface area (Å²) in [5.74, 6) is 1.14. The molecule has 0 aliphatic rings. The van der Waals surface area contributed by atoms with Crippen molar-refractivity contribution in [3.63, 3.8) is 0 Å². The maximum absolute atomic E-state index is 6.06. The van der Waals surface area contributed by atoms with Crippen LogP contribution in [-0.4, -0.2) is 0 Å². The molecule has 1 atom stereocenters. The van der Waals surface area contributed by atoms with E-state index in [4.69, 9.17) is 11.6 Å². The van der Waals surface area contributed by atoms with Gasteiger partial charge in [0.15, 0.2) is 0 Å². The van der Waals surface area contributed by atoms with Crippen LogP contribution < -0.4 is 0 Å². The molecule has 0 aromatic heterocycles. The Morgan fingerprint density at radius 1 is 1.35 bits per heavy atom. The molecule has 0 N–H and O–H groups in total. The molecule has 17 heavy (non-hydrogen) atoms. The van der Waals surface area contributed by atoms with Crippen molar-refractivity contribution >= 4 is 11.6 Å². The van der Waals surface area contributed by atoms with Crippen molar-refractivity contribution < 1.29 is 0 Å². The van der Waals surface area contributed by atoms with E-state index < -0.39 is 0 Å². The topological polar surface area (TPSA) is 0 Å². The van der Waals surface area contributed by atoms with Crippen LogP contribution in [0.3, 0.4) is 0 Å². The average Bonchev–Trinajstić information content (AvgIpc) is 2.25. The molecule has 1 rings (SSSR count). The molecule has 0 fully saturated rings. The van der Waals surface area contributed by atoms with Crippen molar-refractivity contribution in [3.8, 4) is 0 Å². The highest BCUT2D eigenvalue weighted by Gasteiger charge is 2.17. The van der Waals surface area contributed by atoms with Crippen LogP contribution in [0, 0.1) is 5.92 Å². The summed E-state index contributed by atoms with van der Waals surface area (Å²) in [5, 5.41) is 0.829. The Morgan fingerprint density at radius 3 is 2.47 bits per heavy atom. The lowest BCUT2D eigenvalue weighted by Crippen LogP contribution is -2.07. The van der Waals surface area contributed by atoms with E-state index in [1.165, 1.54) is 16.7 Å². The number of allylic oxidation sites excluding steroid dienone is 1. The fraction of sp³-hybridized carbons (Fsp3) is 0.500. The van der Waals surface area contributed by atoms with E-state index in [2.05, 4.69) is 46.4 Å². The van der Waals surface area contributed by atoms with Crippen LogP contribution in [0.2, 0.25) is 5.02 Å². The Kier molecular flexibility index (Phi) is 5.27. The molecule has 0 saturated heterocycles. The first-order valence-electron chi connectivity index (χ1n) is 6.39. The van der Waals surface area contributed by atoms with E-state index in [-0.39, 0.29) is 0 Å². The Bertz CT molecular complexity index is 391. The quantitative estimate of drug-likeness (QED) is 0.596. The van der Waals surface area contributed by atoms with Gasteiger partial charge < -0.3 is 0 Å². The zero-order chi connectivity index (χ0) is 13.0. The molecule has 1 heteroatoms. The van der Waals surface area contributed by atoms with Gasteiger partial charge in [-0.05, 0) is 48.9 Å². The molecular weight excluding hydrogens is 228 g/mol. The van der Waals surface area contributed by atoms with Crippen molar-refractivity contribution in [1.82, 2.24) is 0 Å². The molecule has 0 aliphatic carbocycles. The minimum atomic E-state index is 0.460. The number of halogens is 1. The lowest BCUT2D eigenvalue weighted by atomic mass is 9.83. The van der Waals surface area contributed by atoms with Gasteiger partial charge in [0.1, 0.15) is 0 Å². The minimum absolute atomic E-state index is 0.460. The Balaban J connectivity index is 3.13. The number of rotatable bonds is 5. The maximum atomic E-state index is 6.06. The van der Waals surface area contributed by atoms with Gasteiger partial charge >= 0.3 is 0 Å². The first-order valence-corrected chi connectivity index (χ1v) is 6.77. The first kappa shape index (κ1) is 14.3. The molecule has 0 radical (unpaired) electrons. The largest absolute Gasteiger partial charge is 0.0995 e. The Labute approximate surface area is 111 Å².